The van der Waals surface area contributed by atoms with Crippen LogP contribution in [0.3, 0.4) is 0 Å². The molecular formula is C4H6N2O3. The Morgan fingerprint density at radius 2 is 2.67 bits per heavy atom. The van der Waals surface area contributed by atoms with Crippen LogP contribution in [0.5, 0.6) is 0 Å². The molecule has 5 nitrogen and oxygen atoms in total. The number of amides is 1. The average Bonchev–Trinajstić information content (AvgIpc) is 2.15. The van der Waals surface area contributed by atoms with Crippen molar-refractivity contribution in [2.75, 3.05) is 6.61 Å². The standard InChI is InChI=1S/C4H6N2O3/c5-4(7)9-6-2-1-3-8-6/h1-2H,3H2,(H2,5,7). The maximum Gasteiger partial charge on any atom is 0.431 e. The van der Waals surface area contributed by atoms with E-state index in [-0.39, 0.29) is 0 Å². The molecule has 0 unspecified atom stereocenters. The molecule has 0 bridgehead atoms. The molecule has 0 saturated carbocycles. The van der Waals surface area contributed by atoms with Crippen molar-refractivity contribution in [3.05, 3.63) is 12.3 Å². The number of nitrogens with two attached hydrogens (primary N) is 1. The monoisotopic (exact) mass is 130 g/mol. The van der Waals surface area contributed by atoms with Gasteiger partial charge in [-0.3, -0.25) is 4.84 Å². The molecule has 0 atom stereocenters. The first-order valence-electron chi connectivity index (χ1n) is 2.35. The molecule has 9 heavy (non-hydrogen) atoms. The molecule has 2 N–H and O–H groups in total. The molecule has 0 spiro atoms. The Morgan fingerprint density at radius 1 is 1.89 bits per heavy atom. The summed E-state index contributed by atoms with van der Waals surface area (Å²) in [7, 11) is 0. The van der Waals surface area contributed by atoms with Crippen molar-refractivity contribution in [2.24, 2.45) is 5.73 Å². The Bertz CT molecular complexity index is 145. The molecular weight excluding hydrogens is 124 g/mol. The molecule has 1 aliphatic heterocycles. The number of hydrogen-bond donors (Lipinski definition) is 1. The molecule has 5 heteroatoms. The number of hydroxylamine groups is 2. The van der Waals surface area contributed by atoms with E-state index in [9.17, 15) is 4.79 Å². The fourth-order valence-corrected chi connectivity index (χ4v) is 0.434. The zero-order chi connectivity index (χ0) is 6.69. The van der Waals surface area contributed by atoms with Crippen LogP contribution in [0, 0.1) is 0 Å². The van der Waals surface area contributed by atoms with Crippen LogP contribution in [-0.2, 0) is 9.68 Å². The lowest BCUT2D eigenvalue weighted by molar-refractivity contribution is -0.281. The Labute approximate surface area is 51.5 Å². The summed E-state index contributed by atoms with van der Waals surface area (Å²) in [4.78, 5) is 18.9. The quantitative estimate of drug-likeness (QED) is 0.532. The van der Waals surface area contributed by atoms with E-state index in [1.54, 1.807) is 6.08 Å². The predicted molar refractivity (Wildman–Crippen MR) is 27.6 cm³/mol. The summed E-state index contributed by atoms with van der Waals surface area (Å²) >= 11 is 0. The molecule has 1 heterocycles. The van der Waals surface area contributed by atoms with E-state index >= 15 is 0 Å². The predicted octanol–water partition coefficient (Wildman–Crippen LogP) is -0.242. The highest BCUT2D eigenvalue weighted by Gasteiger charge is 2.07. The second kappa shape index (κ2) is 2.36. The summed E-state index contributed by atoms with van der Waals surface area (Å²) in [5, 5.41) is 0.905. The van der Waals surface area contributed by atoms with Crippen molar-refractivity contribution in [3.8, 4) is 0 Å². The molecule has 0 fully saturated rings. The van der Waals surface area contributed by atoms with Gasteiger partial charge in [0.2, 0.25) is 0 Å². The topological polar surface area (TPSA) is 64.8 Å². The van der Waals surface area contributed by atoms with Crippen molar-refractivity contribution >= 4 is 6.09 Å². The molecule has 0 aromatic heterocycles. The van der Waals surface area contributed by atoms with Gasteiger partial charge >= 0.3 is 6.09 Å². The van der Waals surface area contributed by atoms with E-state index in [0.717, 1.165) is 5.23 Å². The summed E-state index contributed by atoms with van der Waals surface area (Å²) in [5.74, 6) is 0. The number of primary amides is 1. The van der Waals surface area contributed by atoms with Crippen molar-refractivity contribution in [3.63, 3.8) is 0 Å². The molecule has 0 aliphatic carbocycles. The molecule has 0 saturated heterocycles. The zero-order valence-corrected chi connectivity index (χ0v) is 4.61. The second-order valence-electron chi connectivity index (χ2n) is 1.38. The molecule has 0 radical (unpaired) electrons. The van der Waals surface area contributed by atoms with Crippen molar-refractivity contribution in [1.82, 2.24) is 5.23 Å². The largest absolute Gasteiger partial charge is 0.431 e. The number of nitrogens with zero attached hydrogens (tertiary/aromatic N) is 1. The van der Waals surface area contributed by atoms with Crippen LogP contribution < -0.4 is 5.73 Å². The smallest absolute Gasteiger partial charge is 0.333 e. The van der Waals surface area contributed by atoms with Gasteiger partial charge in [-0.05, 0) is 6.08 Å². The minimum absolute atomic E-state index is 0.410. The van der Waals surface area contributed by atoms with Crippen molar-refractivity contribution < 1.29 is 14.5 Å². The van der Waals surface area contributed by atoms with E-state index in [1.165, 1.54) is 6.20 Å². The first-order chi connectivity index (χ1) is 4.29. The van der Waals surface area contributed by atoms with Gasteiger partial charge in [0, 0.05) is 0 Å². The highest BCUT2D eigenvalue weighted by atomic mass is 17.0. The van der Waals surface area contributed by atoms with Crippen LogP contribution in [0.15, 0.2) is 12.3 Å². The lowest BCUT2D eigenvalue weighted by Crippen LogP contribution is -2.23. The Hall–Kier alpha value is -1.23. The van der Waals surface area contributed by atoms with Gasteiger partial charge in [-0.1, -0.05) is 5.23 Å². The van der Waals surface area contributed by atoms with Crippen LogP contribution in [0.25, 0.3) is 0 Å². The lowest BCUT2D eigenvalue weighted by Gasteiger charge is -2.09. The number of carbonyl (C=O) groups excluding carboxylic acids is 1. The number of rotatable bonds is 1. The third-order valence-electron chi connectivity index (χ3n) is 0.705. The van der Waals surface area contributed by atoms with Gasteiger partial charge in [0.25, 0.3) is 0 Å². The van der Waals surface area contributed by atoms with Crippen LogP contribution in [0.2, 0.25) is 0 Å². The first kappa shape index (κ1) is 5.90. The zero-order valence-electron chi connectivity index (χ0n) is 4.61. The highest BCUT2D eigenvalue weighted by Crippen LogP contribution is 2.00. The van der Waals surface area contributed by atoms with Gasteiger partial charge in [-0.2, -0.15) is 0 Å². The minimum atomic E-state index is -0.887. The Morgan fingerprint density at radius 3 is 3.11 bits per heavy atom. The fourth-order valence-electron chi connectivity index (χ4n) is 0.434. The maximum atomic E-state index is 10.00. The molecule has 1 aliphatic rings. The van der Waals surface area contributed by atoms with Gasteiger partial charge < -0.3 is 5.73 Å². The third-order valence-corrected chi connectivity index (χ3v) is 0.705. The lowest BCUT2D eigenvalue weighted by atomic mass is 10.7. The molecule has 0 aromatic carbocycles. The Balaban J connectivity index is 2.28. The number of hydrogen-bond acceptors (Lipinski definition) is 4. The summed E-state index contributed by atoms with van der Waals surface area (Å²) in [6.45, 7) is 0.410. The van der Waals surface area contributed by atoms with E-state index in [2.05, 4.69) is 15.4 Å². The number of carbonyl (C=O) groups is 1. The first-order valence-corrected chi connectivity index (χ1v) is 2.35. The molecule has 50 valence electrons. The van der Waals surface area contributed by atoms with Crippen LogP contribution in [-0.4, -0.2) is 17.9 Å². The maximum absolute atomic E-state index is 10.00. The molecule has 1 rings (SSSR count). The fraction of sp³-hybridized carbons (Fsp3) is 0.250. The summed E-state index contributed by atoms with van der Waals surface area (Å²) in [6, 6.07) is 0. The van der Waals surface area contributed by atoms with E-state index in [0.29, 0.717) is 6.61 Å². The summed E-state index contributed by atoms with van der Waals surface area (Å²) < 4.78 is 0. The minimum Gasteiger partial charge on any atom is -0.333 e. The van der Waals surface area contributed by atoms with Crippen LogP contribution in [0.1, 0.15) is 0 Å². The normalized spacial score (nSPS) is 16.2. The van der Waals surface area contributed by atoms with E-state index in [4.69, 9.17) is 0 Å². The van der Waals surface area contributed by atoms with Crippen molar-refractivity contribution in [2.45, 2.75) is 0 Å². The summed E-state index contributed by atoms with van der Waals surface area (Å²) in [5.41, 5.74) is 4.66. The van der Waals surface area contributed by atoms with Gasteiger partial charge in [0.15, 0.2) is 0 Å². The SMILES string of the molecule is NC(=O)ON1C=CCO1. The van der Waals surface area contributed by atoms with Crippen molar-refractivity contribution in [1.29, 1.82) is 0 Å². The van der Waals surface area contributed by atoms with Crippen LogP contribution >= 0.6 is 0 Å². The Kier molecular flexibility index (Phi) is 1.55. The highest BCUT2D eigenvalue weighted by molar-refractivity contribution is 5.64. The van der Waals surface area contributed by atoms with E-state index < -0.39 is 6.09 Å². The van der Waals surface area contributed by atoms with Gasteiger partial charge in [-0.15, -0.1) is 0 Å². The van der Waals surface area contributed by atoms with Crippen LogP contribution in [0.4, 0.5) is 4.79 Å². The summed E-state index contributed by atoms with van der Waals surface area (Å²) in [6.07, 6.45) is 2.26. The van der Waals surface area contributed by atoms with Gasteiger partial charge in [0.1, 0.15) is 0 Å². The third kappa shape index (κ3) is 1.61. The molecule has 0 aromatic rings. The van der Waals surface area contributed by atoms with E-state index in [1.807, 2.05) is 0 Å². The average molecular weight is 130 g/mol. The van der Waals surface area contributed by atoms with Gasteiger partial charge in [-0.25, -0.2) is 9.63 Å². The van der Waals surface area contributed by atoms with Gasteiger partial charge in [0.05, 0.1) is 12.8 Å². The molecule has 1 amide bonds. The second-order valence-corrected chi connectivity index (χ2v) is 1.38.